The lowest BCUT2D eigenvalue weighted by molar-refractivity contribution is 0.101. The first-order chi connectivity index (χ1) is 7.95. The minimum Gasteiger partial charge on any atom is -0.398 e. The first kappa shape index (κ1) is 15.7. The number of anilines is 1. The van der Waals surface area contributed by atoms with Gasteiger partial charge in [0.15, 0.2) is 5.78 Å². The average molecular weight is 236 g/mol. The number of nitrogens with one attached hydrogen (secondary N) is 1. The van der Waals surface area contributed by atoms with Crippen molar-refractivity contribution in [1.82, 2.24) is 5.32 Å². The van der Waals surface area contributed by atoms with Gasteiger partial charge in [-0.15, -0.1) is 0 Å². The number of rotatable bonds is 3. The third-order valence-corrected chi connectivity index (χ3v) is 2.61. The number of aryl methyl sites for hydroxylation is 1. The van der Waals surface area contributed by atoms with Crippen molar-refractivity contribution in [2.24, 2.45) is 0 Å². The Bertz CT molecular complexity index is 371. The van der Waals surface area contributed by atoms with Gasteiger partial charge in [-0.1, -0.05) is 26.0 Å². The summed E-state index contributed by atoms with van der Waals surface area (Å²) < 4.78 is 0. The number of Topliss-reactive ketones (excluding diaryl/α,β-unsaturated/α-hetero) is 1. The molecular formula is C14H24N2O. The molecule has 0 aliphatic rings. The van der Waals surface area contributed by atoms with E-state index >= 15 is 0 Å². The molecule has 0 amide bonds. The van der Waals surface area contributed by atoms with E-state index in [9.17, 15) is 4.79 Å². The maximum Gasteiger partial charge on any atom is 0.160 e. The van der Waals surface area contributed by atoms with Crippen LogP contribution in [0.4, 0.5) is 5.69 Å². The van der Waals surface area contributed by atoms with Crippen molar-refractivity contribution in [2.75, 3.05) is 18.8 Å². The second-order valence-corrected chi connectivity index (χ2v) is 3.98. The zero-order chi connectivity index (χ0) is 13.4. The van der Waals surface area contributed by atoms with E-state index in [4.69, 9.17) is 5.73 Å². The van der Waals surface area contributed by atoms with E-state index in [0.29, 0.717) is 0 Å². The molecule has 0 radical (unpaired) electrons. The molecule has 3 nitrogen and oxygen atoms in total. The van der Waals surface area contributed by atoms with Gasteiger partial charge in [0.1, 0.15) is 0 Å². The zero-order valence-electron chi connectivity index (χ0n) is 11.6. The highest BCUT2D eigenvalue weighted by Crippen LogP contribution is 2.20. The van der Waals surface area contributed by atoms with Gasteiger partial charge in [0, 0.05) is 11.3 Å². The summed E-state index contributed by atoms with van der Waals surface area (Å²) in [6.07, 6.45) is 0. The Morgan fingerprint density at radius 3 is 2.12 bits per heavy atom. The molecule has 1 aromatic carbocycles. The number of benzene rings is 1. The number of carbonyl (C=O) groups is 1. The van der Waals surface area contributed by atoms with Crippen molar-refractivity contribution >= 4 is 11.5 Å². The first-order valence-corrected chi connectivity index (χ1v) is 6.02. The molecular weight excluding hydrogens is 212 g/mol. The van der Waals surface area contributed by atoms with Crippen LogP contribution in [0.15, 0.2) is 12.1 Å². The quantitative estimate of drug-likeness (QED) is 0.626. The molecule has 0 aromatic heterocycles. The predicted octanol–water partition coefficient (Wildman–Crippen LogP) is 2.70. The van der Waals surface area contributed by atoms with Crippen LogP contribution in [0.2, 0.25) is 0 Å². The Labute approximate surface area is 104 Å². The number of nitrogens with two attached hydrogens (primary N) is 1. The zero-order valence-corrected chi connectivity index (χ0v) is 11.6. The molecule has 0 aliphatic carbocycles. The van der Waals surface area contributed by atoms with Gasteiger partial charge < -0.3 is 11.1 Å². The molecule has 0 aliphatic heterocycles. The third kappa shape index (κ3) is 5.00. The summed E-state index contributed by atoms with van der Waals surface area (Å²) in [5.74, 6) is 0.0687. The van der Waals surface area contributed by atoms with Gasteiger partial charge in [0.05, 0.1) is 0 Å². The molecule has 0 unspecified atom stereocenters. The molecule has 3 N–H and O–H groups in total. The number of carbonyl (C=O) groups excluding carboxylic acids is 1. The highest BCUT2D eigenvalue weighted by atomic mass is 16.1. The monoisotopic (exact) mass is 236 g/mol. The van der Waals surface area contributed by atoms with Crippen LogP contribution >= 0.6 is 0 Å². The third-order valence-electron chi connectivity index (χ3n) is 2.61. The van der Waals surface area contributed by atoms with Gasteiger partial charge in [-0.3, -0.25) is 4.79 Å². The van der Waals surface area contributed by atoms with E-state index in [1.807, 2.05) is 26.0 Å². The van der Waals surface area contributed by atoms with Crippen LogP contribution in [0, 0.1) is 13.8 Å². The van der Waals surface area contributed by atoms with E-state index in [0.717, 1.165) is 35.5 Å². The van der Waals surface area contributed by atoms with Crippen molar-refractivity contribution in [1.29, 1.82) is 0 Å². The Hall–Kier alpha value is -1.35. The number of hydrogen-bond donors (Lipinski definition) is 2. The molecule has 0 saturated carbocycles. The Kier molecular flexibility index (Phi) is 7.22. The fourth-order valence-corrected chi connectivity index (χ4v) is 1.50. The molecule has 0 bridgehead atoms. The Morgan fingerprint density at radius 1 is 1.24 bits per heavy atom. The van der Waals surface area contributed by atoms with Gasteiger partial charge >= 0.3 is 0 Å². The summed E-state index contributed by atoms with van der Waals surface area (Å²) in [5, 5.41) is 3.11. The van der Waals surface area contributed by atoms with Crippen molar-refractivity contribution in [3.05, 3.63) is 28.8 Å². The fourth-order valence-electron chi connectivity index (χ4n) is 1.50. The average Bonchev–Trinajstić information content (AvgIpc) is 2.27. The minimum atomic E-state index is 0.0687. The maximum atomic E-state index is 11.1. The van der Waals surface area contributed by atoms with Crippen molar-refractivity contribution < 1.29 is 4.79 Å². The fraction of sp³-hybridized carbons (Fsp3) is 0.500. The molecule has 1 rings (SSSR count). The van der Waals surface area contributed by atoms with Gasteiger partial charge in [0.2, 0.25) is 0 Å². The maximum absolute atomic E-state index is 11.1. The second-order valence-electron chi connectivity index (χ2n) is 3.98. The largest absolute Gasteiger partial charge is 0.398 e. The number of nitrogen functional groups attached to an aromatic ring is 1. The molecule has 0 saturated heterocycles. The van der Waals surface area contributed by atoms with E-state index in [1.54, 1.807) is 6.92 Å². The van der Waals surface area contributed by atoms with Crippen LogP contribution in [-0.2, 0) is 0 Å². The highest BCUT2D eigenvalue weighted by Gasteiger charge is 2.07. The molecule has 0 fully saturated rings. The van der Waals surface area contributed by atoms with Gasteiger partial charge in [0.25, 0.3) is 0 Å². The lowest BCUT2D eigenvalue weighted by Crippen LogP contribution is -2.09. The topological polar surface area (TPSA) is 55.1 Å². The summed E-state index contributed by atoms with van der Waals surface area (Å²) in [6, 6.07) is 3.70. The molecule has 1 aromatic rings. The van der Waals surface area contributed by atoms with E-state index in [2.05, 4.69) is 19.2 Å². The van der Waals surface area contributed by atoms with Gasteiger partial charge in [-0.2, -0.15) is 0 Å². The summed E-state index contributed by atoms with van der Waals surface area (Å²) >= 11 is 0. The van der Waals surface area contributed by atoms with Crippen molar-refractivity contribution in [3.63, 3.8) is 0 Å². The smallest absolute Gasteiger partial charge is 0.160 e. The van der Waals surface area contributed by atoms with E-state index < -0.39 is 0 Å². The van der Waals surface area contributed by atoms with Crippen molar-refractivity contribution in [2.45, 2.75) is 34.6 Å². The van der Waals surface area contributed by atoms with Crippen LogP contribution in [0.5, 0.6) is 0 Å². The summed E-state index contributed by atoms with van der Waals surface area (Å²) in [5.41, 5.74) is 9.13. The predicted molar refractivity (Wildman–Crippen MR) is 74.6 cm³/mol. The molecule has 3 heteroatoms. The highest BCUT2D eigenvalue weighted by molar-refractivity contribution is 5.97. The van der Waals surface area contributed by atoms with Crippen LogP contribution in [0.3, 0.4) is 0 Å². The van der Waals surface area contributed by atoms with Crippen LogP contribution in [0.25, 0.3) is 0 Å². The van der Waals surface area contributed by atoms with Crippen LogP contribution in [0.1, 0.15) is 42.3 Å². The van der Waals surface area contributed by atoms with E-state index in [-0.39, 0.29) is 5.78 Å². The molecule has 17 heavy (non-hydrogen) atoms. The van der Waals surface area contributed by atoms with Gasteiger partial charge in [-0.05, 0) is 45.0 Å². The number of ketones is 1. The minimum absolute atomic E-state index is 0.0687. The van der Waals surface area contributed by atoms with Crippen LogP contribution in [-0.4, -0.2) is 18.9 Å². The lowest BCUT2D eigenvalue weighted by Gasteiger charge is -2.07. The standard InChI is InChI=1S/C10H13NO.C4H11N/c1-6-4-5-9(8(3)12)7(2)10(6)11;1-3-5-4-2/h4-5H,11H2,1-3H3;5H,3-4H2,1-2H3. The summed E-state index contributed by atoms with van der Waals surface area (Å²) in [4.78, 5) is 11.1. The Balaban J connectivity index is 0.000000437. The number of hydrogen-bond acceptors (Lipinski definition) is 3. The Morgan fingerprint density at radius 2 is 1.76 bits per heavy atom. The molecule has 0 heterocycles. The SMILES string of the molecule is CC(=O)c1ccc(C)c(N)c1C.CCNCC. The normalized spacial score (nSPS) is 9.47. The first-order valence-electron chi connectivity index (χ1n) is 6.02. The van der Waals surface area contributed by atoms with Gasteiger partial charge in [-0.25, -0.2) is 0 Å². The summed E-state index contributed by atoms with van der Waals surface area (Å²) in [7, 11) is 0. The molecule has 0 spiro atoms. The second kappa shape index (κ2) is 7.85. The lowest BCUT2D eigenvalue weighted by atomic mass is 10.0. The van der Waals surface area contributed by atoms with E-state index in [1.165, 1.54) is 0 Å². The van der Waals surface area contributed by atoms with Crippen LogP contribution < -0.4 is 11.1 Å². The summed E-state index contributed by atoms with van der Waals surface area (Å²) in [6.45, 7) is 11.8. The molecule has 0 atom stereocenters. The molecule has 96 valence electrons. The van der Waals surface area contributed by atoms with Crippen molar-refractivity contribution in [3.8, 4) is 0 Å².